The summed E-state index contributed by atoms with van der Waals surface area (Å²) in [6, 6.07) is -28.6. The number of carboxylic acid groups (broad SMARTS) is 1. The first-order valence-electron chi connectivity index (χ1n) is 46.2. The quantitative estimate of drug-likeness (QED) is 0.0101. The van der Waals surface area contributed by atoms with Crippen LogP contribution in [0.2, 0.25) is 0 Å². The topological polar surface area (TPSA) is 983 Å². The molecule has 2 aromatic heterocycles. The van der Waals surface area contributed by atoms with Crippen molar-refractivity contribution in [3.63, 3.8) is 0 Å². The number of aromatic nitrogens is 3. The van der Waals surface area contributed by atoms with Crippen LogP contribution in [0.3, 0.4) is 0 Å². The monoisotopic (exact) mass is 2210 g/mol. The molecule has 6 heterocycles. The van der Waals surface area contributed by atoms with Gasteiger partial charge < -0.3 is 177 Å². The fourth-order valence-electron chi connectivity index (χ4n) is 14.4. The predicted octanol–water partition coefficient (Wildman–Crippen LogP) is -15.0. The third-order valence-corrected chi connectivity index (χ3v) is 29.6. The normalized spacial score (nSPS) is 25.6. The third kappa shape index (κ3) is 41.8. The average molecular weight is 2210 g/mol. The number of nitrogens with one attached hydrogen (secondary N) is 26. The van der Waals surface area contributed by atoms with E-state index in [9.17, 15) is 92.0 Å². The number of hydrogen-bond acceptors (Lipinski definition) is 36. The SMILES string of the molecule is C[C@@H]1NC(=O)C(Cc2cnc[nH]2)NC(=O)C(CC(=O)O)NC(=O)[C@H](CCCNC(=N)N)NC(=O)[C@@H]2CSSC[C@H](NC(=O)[C@H](CC(N)=O)NC(=O)[C@@H]3CCC(=O)N3)C(=O)N[C@H]3CSSC[C@H](NC(=O)[C@H](CCCNC(=N)N)NC1=O)C(=O)N[C@H](C(N)=O)CSSC[C@H](NC(=O)CNC(=O)CNC(=O)[C@H](CC(N)=O)NC3=O)C(=O)NC(CO)C(=O)N[C@@H](CO)C(=O)N[C@@H](CCCCN)C(=O)N[C@@H](Cc1c[nH]c3ccccc13)C(=O)N2. The number of amides is 23. The van der Waals surface area contributed by atoms with E-state index in [1.165, 1.54) is 18.7 Å². The van der Waals surface area contributed by atoms with Crippen molar-refractivity contribution in [2.45, 2.75) is 206 Å². The van der Waals surface area contributed by atoms with E-state index in [0.717, 1.165) is 6.92 Å². The number of benzene rings is 1. The molecule has 66 heteroatoms. The smallest absolute Gasteiger partial charge is 0.305 e. The molecule has 18 atom stereocenters. The Hall–Kier alpha value is -14.2. The lowest BCUT2D eigenvalue weighted by molar-refractivity contribution is -0.141. The summed E-state index contributed by atoms with van der Waals surface area (Å²) in [4.78, 5) is 357. The highest BCUT2D eigenvalue weighted by molar-refractivity contribution is 8.77. The summed E-state index contributed by atoms with van der Waals surface area (Å²) in [5, 5.41) is 101. The highest BCUT2D eigenvalue weighted by Crippen LogP contribution is 2.29. The van der Waals surface area contributed by atoms with Crippen LogP contribution in [0, 0.1) is 10.8 Å². The van der Waals surface area contributed by atoms with Gasteiger partial charge in [-0.1, -0.05) is 83.0 Å². The van der Waals surface area contributed by atoms with E-state index in [1.54, 1.807) is 24.3 Å². The lowest BCUT2D eigenvalue weighted by Gasteiger charge is -2.28. The summed E-state index contributed by atoms with van der Waals surface area (Å²) in [6.45, 7) is -4.09. The maximum Gasteiger partial charge on any atom is 0.305 e. The summed E-state index contributed by atoms with van der Waals surface area (Å²) >= 11 is 0. The van der Waals surface area contributed by atoms with E-state index in [1.807, 2.05) is 0 Å². The van der Waals surface area contributed by atoms with Gasteiger partial charge in [-0.05, 0) is 76.5 Å². The molecule has 3 unspecified atom stereocenters. The largest absolute Gasteiger partial charge is 0.481 e. The number of aliphatic hydroxyl groups is 2. The van der Waals surface area contributed by atoms with Gasteiger partial charge in [-0.25, -0.2) is 4.98 Å². The zero-order chi connectivity index (χ0) is 110. The molecule has 1 aromatic carbocycles. The number of carbonyl (C=O) groups excluding carboxylic acids is 23. The number of fused-ring (bicyclic) bond motifs is 23. The molecule has 0 spiro atoms. The van der Waals surface area contributed by atoms with Crippen LogP contribution in [0.1, 0.15) is 95.2 Å². The first kappa shape index (κ1) is 122. The Morgan fingerprint density at radius 1 is 0.450 bits per heavy atom. The van der Waals surface area contributed by atoms with Gasteiger partial charge in [0.05, 0.1) is 51.9 Å². The van der Waals surface area contributed by atoms with Crippen molar-refractivity contribution in [3.05, 3.63) is 54.2 Å². The van der Waals surface area contributed by atoms with Gasteiger partial charge in [0.2, 0.25) is 136 Å². The zero-order valence-corrected chi connectivity index (χ0v) is 84.9. The number of para-hydroxylation sites is 1. The van der Waals surface area contributed by atoms with E-state index < -0.39 is 368 Å². The Morgan fingerprint density at radius 2 is 0.906 bits per heavy atom. The second-order valence-corrected chi connectivity index (χ2v) is 41.6. The second-order valence-electron chi connectivity index (χ2n) is 33.9. The summed E-state index contributed by atoms with van der Waals surface area (Å²) < 4.78 is 0. The predicted molar refractivity (Wildman–Crippen MR) is 539 cm³/mol. The number of unbranched alkanes of at least 4 members (excludes halogenated alkanes) is 1. The number of nitrogens with two attached hydrogens (primary N) is 6. The van der Waals surface area contributed by atoms with Gasteiger partial charge in [-0.3, -0.25) is 126 Å². The molecule has 60 nitrogen and oxygen atoms in total. The van der Waals surface area contributed by atoms with Crippen molar-refractivity contribution in [1.29, 1.82) is 10.8 Å². The summed E-state index contributed by atoms with van der Waals surface area (Å²) in [7, 11) is 3.60. The van der Waals surface area contributed by atoms with Gasteiger partial charge in [0.15, 0.2) is 11.9 Å². The Balaban J connectivity index is 1.54. The maximum atomic E-state index is 15.9. The van der Waals surface area contributed by atoms with Crippen molar-refractivity contribution >= 4 is 229 Å². The van der Waals surface area contributed by atoms with Crippen LogP contribution in [-0.4, -0.2) is 373 Å². The summed E-state index contributed by atoms with van der Waals surface area (Å²) in [5.74, 6) is -36.4. The van der Waals surface area contributed by atoms with E-state index >= 15 is 38.4 Å². The molecule has 41 N–H and O–H groups in total. The van der Waals surface area contributed by atoms with Crippen molar-refractivity contribution in [2.24, 2.45) is 34.4 Å². The molecule has 818 valence electrons. The van der Waals surface area contributed by atoms with Crippen LogP contribution in [0.15, 0.2) is 43.0 Å². The Labute approximate surface area is 872 Å². The molecule has 4 fully saturated rings. The zero-order valence-electron chi connectivity index (χ0n) is 80.0. The van der Waals surface area contributed by atoms with Gasteiger partial charge in [0.1, 0.15) is 109 Å². The first-order valence-corrected chi connectivity index (χ1v) is 53.7. The molecule has 4 bridgehead atoms. The number of aliphatic carboxylic acids is 1. The molecule has 3 aromatic rings. The van der Waals surface area contributed by atoms with Crippen LogP contribution >= 0.6 is 64.8 Å². The van der Waals surface area contributed by atoms with Crippen molar-refractivity contribution in [2.75, 3.05) is 80.5 Å². The molecule has 0 radical (unpaired) electrons. The van der Waals surface area contributed by atoms with Crippen molar-refractivity contribution < 1.29 is 130 Å². The summed E-state index contributed by atoms with van der Waals surface area (Å²) in [6.07, 6.45) is -2.53. The summed E-state index contributed by atoms with van der Waals surface area (Å²) in [5.41, 5.74) is 35.2. The second kappa shape index (κ2) is 62.2. The number of rotatable bonds is 29. The van der Waals surface area contributed by atoms with E-state index in [-0.39, 0.29) is 75.8 Å². The lowest BCUT2D eigenvalue weighted by Crippen LogP contribution is -2.62. The Morgan fingerprint density at radius 3 is 1.44 bits per heavy atom. The number of hydrogen-bond donors (Lipinski definition) is 35. The molecule has 23 amide bonds. The number of carboxylic acids is 1. The third-order valence-electron chi connectivity index (χ3n) is 22.3. The van der Waals surface area contributed by atoms with Crippen LogP contribution in [-0.2, 0) is 128 Å². The molecular formula is C83H123N33O27S6. The molecule has 4 aliphatic heterocycles. The number of imidazole rings is 1. The average Bonchev–Trinajstić information content (AvgIpc) is 1.69. The van der Waals surface area contributed by atoms with E-state index in [4.69, 9.17) is 45.2 Å². The van der Waals surface area contributed by atoms with Gasteiger partial charge in [0, 0.05) is 95.9 Å². The van der Waals surface area contributed by atoms with E-state index in [2.05, 4.69) is 132 Å². The Kier molecular flexibility index (Phi) is 50.8. The molecule has 4 saturated heterocycles. The van der Waals surface area contributed by atoms with Crippen LogP contribution < -0.4 is 151 Å². The van der Waals surface area contributed by atoms with Crippen molar-refractivity contribution in [3.8, 4) is 0 Å². The highest BCUT2D eigenvalue weighted by Gasteiger charge is 2.42. The first-order chi connectivity index (χ1) is 70.8. The number of carbonyl (C=O) groups is 24. The van der Waals surface area contributed by atoms with Gasteiger partial charge >= 0.3 is 5.97 Å². The minimum Gasteiger partial charge on any atom is -0.481 e. The fourth-order valence-corrected chi connectivity index (χ4v) is 21.4. The number of guanidine groups is 2. The number of aromatic amines is 2. The van der Waals surface area contributed by atoms with Crippen LogP contribution in [0.25, 0.3) is 10.9 Å². The highest BCUT2D eigenvalue weighted by atomic mass is 33.1. The standard InChI is InChI=1S/C83H123N33O27S6/c1-36-65(127)102-42(11-6-16-93-82(88)89)69(131)113-56-33-148-147-32-55-79(141)107-47(20-58(85)119)66(128)97-25-61(122)96-26-62(123)101-53(30-145-144-29-52(64(87)126)112-80(56)142)77(139)111-51(28-118)76(138)110-50(27-117)75(137)103-41(10-4-5-15-84)67(129)105-45(18-37-23-95-40-9-3-2-8-39(37)40)72(134)114-54(31-146-149-34-57(81(143)116-55)115-73(135)48(21-59(86)120)108-70(132)44-13-14-60(121)100-44)78(140)104-43(12-7-17-94-83(90)91)68(130)109-49(22-63(124)125)74(136)106-46(71(133)99-36)19-38-24-92-35-98-38/h2-3,8-9,23-24,35-36,41-57,95,117-118H,4-7,10-22,25-34,84H2,1H3,(H2,85,119)(H2,86,120)(H2,87,126)(H,92,98)(H,96,122)(H,97,128)(H,99,133)(H,100,121)(H,101,123)(H,102,127)(H,103,137)(H,104,140)(H,105,129)(H,106,136)(H,107,141)(H,108,132)(H,109,130)(H,110,138)(H,111,139)(H,112,142)(H,113,131)(H,114,134)(H,115,135)(H,116,143)(H,124,125)(H4,88,89,93)(H4,90,91,94)/t36-,41-,42-,43-,44-,45-,46?,47-,48-,49?,50-,51?,52-,53-,54-,55-,56-,57-/m0/s1. The minimum absolute atomic E-state index is 0.00371. The maximum absolute atomic E-state index is 15.9. The van der Waals surface area contributed by atoms with Crippen LogP contribution in [0.5, 0.6) is 0 Å². The van der Waals surface area contributed by atoms with Crippen molar-refractivity contribution in [1.82, 2.24) is 132 Å². The number of H-pyrrole nitrogens is 2. The minimum atomic E-state index is -2.24. The Bertz CT molecular complexity index is 5350. The van der Waals surface area contributed by atoms with Crippen LogP contribution in [0.4, 0.5) is 0 Å². The number of primary amides is 3. The molecule has 0 aliphatic carbocycles. The van der Waals surface area contributed by atoms with Gasteiger partial charge in [-0.2, -0.15) is 0 Å². The molecule has 4 aliphatic rings. The van der Waals surface area contributed by atoms with Gasteiger partial charge in [-0.15, -0.1) is 0 Å². The van der Waals surface area contributed by atoms with E-state index in [0.29, 0.717) is 75.7 Å². The number of nitrogens with zero attached hydrogens (tertiary/aromatic N) is 1. The fraction of sp³-hybridized carbons (Fsp3) is 0.554. The lowest BCUT2D eigenvalue weighted by atomic mass is 10.0. The molecular weight excluding hydrogens is 2080 g/mol. The van der Waals surface area contributed by atoms with Gasteiger partial charge in [0.25, 0.3) is 0 Å². The molecule has 0 saturated carbocycles. The molecule has 149 heavy (non-hydrogen) atoms. The number of aliphatic hydroxyl groups excluding tert-OH is 2. The molecule has 7 rings (SSSR count).